The second kappa shape index (κ2) is 8.30. The van der Waals surface area contributed by atoms with Gasteiger partial charge in [-0.15, -0.1) is 0 Å². The van der Waals surface area contributed by atoms with Gasteiger partial charge in [0.25, 0.3) is 0 Å². The molecule has 0 aliphatic carbocycles. The highest BCUT2D eigenvalue weighted by Gasteiger charge is 2.23. The number of fused-ring (bicyclic) bond motifs is 14. The van der Waals surface area contributed by atoms with E-state index < -0.39 is 0 Å². The molecular weight excluding hydrogens is 526 g/mol. The predicted octanol–water partition coefficient (Wildman–Crippen LogP) is 9.23. The molecule has 5 nitrogen and oxygen atoms in total. The second-order valence-corrected chi connectivity index (χ2v) is 11.1. The third-order valence-electron chi connectivity index (χ3n) is 8.97. The van der Waals surface area contributed by atoms with Crippen LogP contribution in [0.4, 0.5) is 0 Å². The first kappa shape index (κ1) is 22.7. The van der Waals surface area contributed by atoms with Crippen molar-refractivity contribution in [2.45, 2.75) is 0 Å². The number of aromatic nitrogens is 5. The van der Waals surface area contributed by atoms with Gasteiger partial charge in [0.2, 0.25) is 0 Å². The fraction of sp³-hybridized carbons (Fsp3) is 0. The summed E-state index contributed by atoms with van der Waals surface area (Å²) in [5.74, 6) is 0. The van der Waals surface area contributed by atoms with E-state index in [1.165, 1.54) is 49.0 Å². The van der Waals surface area contributed by atoms with Crippen molar-refractivity contribution in [2.75, 3.05) is 0 Å². The zero-order chi connectivity index (χ0) is 28.1. The number of rotatable bonds is 2. The van der Waals surface area contributed by atoms with E-state index in [2.05, 4.69) is 140 Å². The smallest absolute Gasteiger partial charge is 0.145 e. The lowest BCUT2D eigenvalue weighted by Gasteiger charge is -2.11. The molecule has 0 spiro atoms. The van der Waals surface area contributed by atoms with Crippen LogP contribution in [-0.2, 0) is 0 Å². The van der Waals surface area contributed by atoms with Crippen LogP contribution in [0, 0.1) is 0 Å². The Morgan fingerprint density at radius 3 is 1.95 bits per heavy atom. The van der Waals surface area contributed by atoms with E-state index in [-0.39, 0.29) is 0 Å². The summed E-state index contributed by atoms with van der Waals surface area (Å²) < 4.78 is 7.06. The zero-order valence-electron chi connectivity index (χ0n) is 23.0. The van der Waals surface area contributed by atoms with Gasteiger partial charge in [-0.2, -0.15) is 0 Å². The maximum Gasteiger partial charge on any atom is 0.145 e. The number of hydrogen-bond acceptors (Lipinski definition) is 2. The van der Waals surface area contributed by atoms with Crippen molar-refractivity contribution in [1.29, 1.82) is 0 Å². The normalized spacial score (nSPS) is 12.2. The van der Waals surface area contributed by atoms with Gasteiger partial charge in [-0.25, -0.2) is 4.98 Å². The Kier molecular flexibility index (Phi) is 4.39. The average molecular weight is 550 g/mol. The molecule has 10 aromatic rings. The molecule has 0 atom stereocenters. The van der Waals surface area contributed by atoms with Crippen LogP contribution in [0.5, 0.6) is 0 Å². The highest BCUT2D eigenvalue weighted by Crippen LogP contribution is 2.45. The molecule has 0 saturated heterocycles. The van der Waals surface area contributed by atoms with E-state index in [0.29, 0.717) is 0 Å². The molecule has 10 rings (SSSR count). The van der Waals surface area contributed by atoms with E-state index >= 15 is 0 Å². The molecule has 0 unspecified atom stereocenters. The fourth-order valence-electron chi connectivity index (χ4n) is 7.30. The quantitative estimate of drug-likeness (QED) is 0.202. The molecule has 5 heterocycles. The van der Waals surface area contributed by atoms with Crippen molar-refractivity contribution >= 4 is 70.9 Å². The van der Waals surface area contributed by atoms with Crippen LogP contribution in [0.2, 0.25) is 0 Å². The molecule has 0 saturated carbocycles. The molecule has 0 N–H and O–H groups in total. The third-order valence-corrected chi connectivity index (χ3v) is 8.97. The summed E-state index contributed by atoms with van der Waals surface area (Å²) in [6.45, 7) is 0. The first-order valence-corrected chi connectivity index (χ1v) is 14.5. The maximum atomic E-state index is 4.73. The first-order valence-electron chi connectivity index (χ1n) is 14.5. The van der Waals surface area contributed by atoms with Gasteiger partial charge in [0.1, 0.15) is 5.65 Å². The molecule has 0 radical (unpaired) electrons. The molecule has 0 aliphatic heterocycles. The SMILES string of the molecule is c1ccc(-n2c3ccccc3c3c2ccc2c4c5c6cnccc6c6nccn6c5ccc4n(-c4ccccc4)c23)cc1. The van der Waals surface area contributed by atoms with Crippen LogP contribution in [0.15, 0.2) is 140 Å². The van der Waals surface area contributed by atoms with E-state index in [9.17, 15) is 0 Å². The third kappa shape index (κ3) is 2.90. The molecule has 0 bridgehead atoms. The highest BCUT2D eigenvalue weighted by atomic mass is 15.0. The Balaban J connectivity index is 1.52. The highest BCUT2D eigenvalue weighted by molar-refractivity contribution is 6.33. The Morgan fingerprint density at radius 1 is 0.442 bits per heavy atom. The van der Waals surface area contributed by atoms with Gasteiger partial charge in [-0.1, -0.05) is 60.7 Å². The van der Waals surface area contributed by atoms with Gasteiger partial charge < -0.3 is 9.13 Å². The van der Waals surface area contributed by atoms with E-state index in [1.807, 2.05) is 18.6 Å². The van der Waals surface area contributed by atoms with Gasteiger partial charge in [-0.3, -0.25) is 9.38 Å². The van der Waals surface area contributed by atoms with Gasteiger partial charge in [0.05, 0.1) is 27.6 Å². The van der Waals surface area contributed by atoms with Crippen LogP contribution in [0.3, 0.4) is 0 Å². The van der Waals surface area contributed by atoms with E-state index in [1.54, 1.807) is 0 Å². The molecule has 200 valence electrons. The summed E-state index contributed by atoms with van der Waals surface area (Å²) >= 11 is 0. The number of pyridine rings is 2. The number of imidazole rings is 1. The van der Waals surface area contributed by atoms with Crippen molar-refractivity contribution in [3.05, 3.63) is 140 Å². The Hall–Kier alpha value is -5.94. The Bertz CT molecular complexity index is 2710. The van der Waals surface area contributed by atoms with Crippen molar-refractivity contribution in [3.8, 4) is 11.4 Å². The fourth-order valence-corrected chi connectivity index (χ4v) is 7.30. The van der Waals surface area contributed by atoms with E-state index in [0.717, 1.165) is 33.3 Å². The van der Waals surface area contributed by atoms with Gasteiger partial charge >= 0.3 is 0 Å². The summed E-state index contributed by atoms with van der Waals surface area (Å²) in [7, 11) is 0. The summed E-state index contributed by atoms with van der Waals surface area (Å²) in [4.78, 5) is 9.31. The summed E-state index contributed by atoms with van der Waals surface area (Å²) in [5, 5.41) is 8.33. The summed E-state index contributed by atoms with van der Waals surface area (Å²) in [6, 6.07) is 41.4. The minimum atomic E-state index is 0.948. The summed E-state index contributed by atoms with van der Waals surface area (Å²) in [5.41, 5.74) is 9.12. The van der Waals surface area contributed by atoms with Crippen LogP contribution in [-0.4, -0.2) is 23.5 Å². The lowest BCUT2D eigenvalue weighted by atomic mass is 10.0. The van der Waals surface area contributed by atoms with Gasteiger partial charge in [0.15, 0.2) is 0 Å². The number of para-hydroxylation sites is 3. The second-order valence-electron chi connectivity index (χ2n) is 11.1. The van der Waals surface area contributed by atoms with Crippen LogP contribution in [0.25, 0.3) is 82.3 Å². The minimum absolute atomic E-state index is 0.948. The molecule has 5 heteroatoms. The van der Waals surface area contributed by atoms with Crippen molar-refractivity contribution in [3.63, 3.8) is 0 Å². The predicted molar refractivity (Wildman–Crippen MR) is 177 cm³/mol. The molecule has 5 aromatic carbocycles. The monoisotopic (exact) mass is 549 g/mol. The number of nitrogens with zero attached hydrogens (tertiary/aromatic N) is 5. The molecule has 0 fully saturated rings. The Labute approximate surface area is 245 Å². The minimum Gasteiger partial charge on any atom is -0.309 e. The zero-order valence-corrected chi connectivity index (χ0v) is 23.0. The van der Waals surface area contributed by atoms with Crippen molar-refractivity contribution in [2.24, 2.45) is 0 Å². The molecule has 5 aromatic heterocycles. The lowest BCUT2D eigenvalue weighted by molar-refractivity contribution is 1.17. The standard InChI is InChI=1S/C38H23N5/c1-3-9-24(10-4-1)42-30-14-8-7-13-27(30)36-33(42)16-15-28-34-32(43(37(28)36)25-11-5-2-6-12-25)18-17-31-35(34)29-23-39-20-19-26(29)38-40-21-22-41(31)38/h1-23H. The van der Waals surface area contributed by atoms with Crippen LogP contribution >= 0.6 is 0 Å². The van der Waals surface area contributed by atoms with Crippen molar-refractivity contribution in [1.82, 2.24) is 23.5 Å². The molecular formula is C38H23N5. The molecule has 0 aliphatic rings. The van der Waals surface area contributed by atoms with E-state index in [4.69, 9.17) is 4.98 Å². The summed E-state index contributed by atoms with van der Waals surface area (Å²) in [6.07, 6.45) is 7.80. The van der Waals surface area contributed by atoms with Crippen LogP contribution < -0.4 is 0 Å². The number of benzene rings is 5. The first-order chi connectivity index (χ1) is 21.4. The lowest BCUT2D eigenvalue weighted by Crippen LogP contribution is -1.95. The molecule has 43 heavy (non-hydrogen) atoms. The largest absolute Gasteiger partial charge is 0.309 e. The topological polar surface area (TPSA) is 40.1 Å². The van der Waals surface area contributed by atoms with Crippen LogP contribution in [0.1, 0.15) is 0 Å². The average Bonchev–Trinajstić information content (AvgIpc) is 3.78. The molecule has 0 amide bonds. The van der Waals surface area contributed by atoms with Crippen molar-refractivity contribution < 1.29 is 0 Å². The van der Waals surface area contributed by atoms with Gasteiger partial charge in [-0.05, 0) is 54.6 Å². The van der Waals surface area contributed by atoms with Gasteiger partial charge in [0, 0.05) is 73.9 Å². The number of hydrogen-bond donors (Lipinski definition) is 0. The maximum absolute atomic E-state index is 4.73. The Morgan fingerprint density at radius 2 is 1.12 bits per heavy atom.